The third kappa shape index (κ3) is 3.79. The van der Waals surface area contributed by atoms with Gasteiger partial charge in [-0.15, -0.1) is 0 Å². The Hall–Kier alpha value is -3.48. The predicted octanol–water partition coefficient (Wildman–Crippen LogP) is 5.58. The van der Waals surface area contributed by atoms with Gasteiger partial charge in [0.1, 0.15) is 12.1 Å². The molecule has 0 aliphatic carbocycles. The highest BCUT2D eigenvalue weighted by Crippen LogP contribution is 2.30. The summed E-state index contributed by atoms with van der Waals surface area (Å²) in [6.07, 6.45) is 0. The van der Waals surface area contributed by atoms with Gasteiger partial charge < -0.3 is 4.57 Å². The van der Waals surface area contributed by atoms with E-state index in [1.807, 2.05) is 60.0 Å². The van der Waals surface area contributed by atoms with E-state index in [0.717, 1.165) is 27.5 Å². The van der Waals surface area contributed by atoms with Crippen molar-refractivity contribution in [2.75, 3.05) is 0 Å². The molecule has 0 saturated heterocycles. The summed E-state index contributed by atoms with van der Waals surface area (Å²) in [6.45, 7) is 1.86. The number of rotatable bonds is 4. The van der Waals surface area contributed by atoms with Crippen molar-refractivity contribution in [3.05, 3.63) is 82.3 Å². The van der Waals surface area contributed by atoms with Crippen LogP contribution in [0.5, 0.6) is 0 Å². The highest BCUT2D eigenvalue weighted by Gasteiger charge is 2.17. The van der Waals surface area contributed by atoms with Crippen LogP contribution in [0.1, 0.15) is 12.5 Å². The van der Waals surface area contributed by atoms with Gasteiger partial charge in [0, 0.05) is 15.4 Å². The molecule has 0 radical (unpaired) electrons. The number of para-hydroxylation sites is 2. The summed E-state index contributed by atoms with van der Waals surface area (Å²) in [4.78, 5) is 22.3. The van der Waals surface area contributed by atoms with E-state index in [-0.39, 0.29) is 12.5 Å². The van der Waals surface area contributed by atoms with Crippen molar-refractivity contribution in [3.63, 3.8) is 0 Å². The summed E-state index contributed by atoms with van der Waals surface area (Å²) >= 11 is 12.2. The van der Waals surface area contributed by atoms with Crippen LogP contribution in [-0.4, -0.2) is 26.2 Å². The summed E-state index contributed by atoms with van der Waals surface area (Å²) in [5.41, 5.74) is 7.87. The Morgan fingerprint density at radius 2 is 1.66 bits per heavy atom. The average Bonchev–Trinajstić information content (AvgIpc) is 3.08. The van der Waals surface area contributed by atoms with E-state index in [1.165, 1.54) is 0 Å². The number of hydrogen-bond acceptors (Lipinski definition) is 4. The number of halogens is 2. The second-order valence-corrected chi connectivity index (χ2v) is 8.24. The van der Waals surface area contributed by atoms with Crippen LogP contribution in [0.15, 0.2) is 71.8 Å². The largest absolute Gasteiger partial charge is 0.314 e. The first-order valence-corrected chi connectivity index (χ1v) is 10.7. The Bertz CT molecular complexity index is 1520. The third-order valence-electron chi connectivity index (χ3n) is 5.22. The molecule has 3 aromatic carbocycles. The first kappa shape index (κ1) is 20.4. The molecular weight excluding hydrogens is 445 g/mol. The number of hydrogen-bond donors (Lipinski definition) is 1. The van der Waals surface area contributed by atoms with Gasteiger partial charge in [0.15, 0.2) is 5.65 Å². The van der Waals surface area contributed by atoms with Gasteiger partial charge in [0.05, 0.1) is 22.3 Å². The number of fused-ring (bicyclic) bond motifs is 4. The van der Waals surface area contributed by atoms with Crippen molar-refractivity contribution >= 4 is 67.9 Å². The number of carbonyl (C=O) groups is 1. The zero-order chi connectivity index (χ0) is 22.2. The van der Waals surface area contributed by atoms with Gasteiger partial charge in [-0.05, 0) is 55.0 Å². The fraction of sp³-hybridized carbons (Fsp3) is 0.0833. The van der Waals surface area contributed by atoms with Gasteiger partial charge in [-0.2, -0.15) is 5.10 Å². The van der Waals surface area contributed by atoms with Gasteiger partial charge in [-0.3, -0.25) is 4.79 Å². The standard InChI is InChI=1S/C24H17Cl2N5O/c1-14(15-6-8-16(25)9-7-15)29-30-22(32)13-31-21-11-10-17(26)12-18(21)23-24(31)28-20-5-3-2-4-19(20)27-23/h2-12H,13H2,1H3,(H,30,32)/b29-14+. The van der Waals surface area contributed by atoms with Crippen LogP contribution >= 0.6 is 23.2 Å². The lowest BCUT2D eigenvalue weighted by molar-refractivity contribution is -0.121. The summed E-state index contributed by atoms with van der Waals surface area (Å²) in [5, 5.41) is 6.32. The topological polar surface area (TPSA) is 72.2 Å². The molecule has 0 aliphatic rings. The Morgan fingerprint density at radius 3 is 2.41 bits per heavy atom. The van der Waals surface area contributed by atoms with E-state index in [4.69, 9.17) is 33.2 Å². The highest BCUT2D eigenvalue weighted by molar-refractivity contribution is 6.32. The number of nitrogens with one attached hydrogen (secondary N) is 1. The second-order valence-electron chi connectivity index (χ2n) is 7.37. The van der Waals surface area contributed by atoms with E-state index in [2.05, 4.69) is 10.5 Å². The number of carbonyl (C=O) groups excluding carboxylic acids is 1. The molecule has 8 heteroatoms. The minimum Gasteiger partial charge on any atom is -0.314 e. The molecule has 0 aliphatic heterocycles. The fourth-order valence-electron chi connectivity index (χ4n) is 3.65. The van der Waals surface area contributed by atoms with E-state index in [9.17, 15) is 4.79 Å². The van der Waals surface area contributed by atoms with Gasteiger partial charge in [-0.1, -0.05) is 47.5 Å². The monoisotopic (exact) mass is 461 g/mol. The minimum atomic E-state index is -0.276. The molecule has 0 fully saturated rings. The maximum atomic E-state index is 12.8. The van der Waals surface area contributed by atoms with Crippen LogP contribution in [0.2, 0.25) is 10.0 Å². The van der Waals surface area contributed by atoms with Crippen LogP contribution in [0.25, 0.3) is 33.1 Å². The van der Waals surface area contributed by atoms with Crippen LogP contribution < -0.4 is 5.43 Å². The molecule has 0 saturated carbocycles. The lowest BCUT2D eigenvalue weighted by Crippen LogP contribution is -2.24. The number of benzene rings is 3. The SMILES string of the molecule is C/C(=N\NC(=O)Cn1c2ccc(Cl)cc2c2nc3ccccc3nc21)c1ccc(Cl)cc1. The van der Waals surface area contributed by atoms with Crippen molar-refractivity contribution in [1.82, 2.24) is 20.0 Å². The van der Waals surface area contributed by atoms with E-state index in [1.54, 1.807) is 18.2 Å². The van der Waals surface area contributed by atoms with Crippen LogP contribution in [-0.2, 0) is 11.3 Å². The van der Waals surface area contributed by atoms with Gasteiger partial charge in [0.2, 0.25) is 0 Å². The fourth-order valence-corrected chi connectivity index (χ4v) is 3.95. The van der Waals surface area contributed by atoms with Crippen LogP contribution in [0.4, 0.5) is 0 Å². The Labute approximate surface area is 193 Å². The van der Waals surface area contributed by atoms with Crippen molar-refractivity contribution in [2.45, 2.75) is 13.5 Å². The molecule has 2 heterocycles. The second kappa shape index (κ2) is 8.22. The number of aromatic nitrogens is 3. The Balaban J connectivity index is 1.52. The molecule has 5 rings (SSSR count). The predicted molar refractivity (Wildman–Crippen MR) is 129 cm³/mol. The Kier molecular flexibility index (Phi) is 5.25. The number of hydrazone groups is 1. The molecule has 0 unspecified atom stereocenters. The van der Waals surface area contributed by atoms with Crippen LogP contribution in [0.3, 0.4) is 0 Å². The summed E-state index contributed by atoms with van der Waals surface area (Å²) in [6, 6.07) is 20.4. The molecule has 2 aromatic heterocycles. The van der Waals surface area contributed by atoms with Crippen LogP contribution in [0, 0.1) is 0 Å². The molecule has 1 N–H and O–H groups in total. The van der Waals surface area contributed by atoms with Crippen molar-refractivity contribution < 1.29 is 4.79 Å². The molecule has 1 amide bonds. The molecular formula is C24H17Cl2N5O. The smallest absolute Gasteiger partial charge is 0.260 e. The molecule has 0 spiro atoms. The lowest BCUT2D eigenvalue weighted by Gasteiger charge is -2.07. The summed E-state index contributed by atoms with van der Waals surface area (Å²) in [7, 11) is 0. The summed E-state index contributed by atoms with van der Waals surface area (Å²) < 4.78 is 1.84. The first-order chi connectivity index (χ1) is 15.5. The van der Waals surface area contributed by atoms with E-state index < -0.39 is 0 Å². The highest BCUT2D eigenvalue weighted by atomic mass is 35.5. The quantitative estimate of drug-likeness (QED) is 0.280. The number of nitrogens with zero attached hydrogens (tertiary/aromatic N) is 4. The average molecular weight is 462 g/mol. The first-order valence-electron chi connectivity index (χ1n) is 9.93. The third-order valence-corrected chi connectivity index (χ3v) is 5.71. The van der Waals surface area contributed by atoms with E-state index in [0.29, 0.717) is 26.9 Å². The Morgan fingerprint density at radius 1 is 0.969 bits per heavy atom. The molecule has 0 bridgehead atoms. The number of amides is 1. The minimum absolute atomic E-state index is 0.0338. The van der Waals surface area contributed by atoms with Gasteiger partial charge >= 0.3 is 0 Å². The van der Waals surface area contributed by atoms with Crippen molar-refractivity contribution in [3.8, 4) is 0 Å². The maximum Gasteiger partial charge on any atom is 0.260 e. The molecule has 158 valence electrons. The molecule has 0 atom stereocenters. The van der Waals surface area contributed by atoms with Gasteiger partial charge in [-0.25, -0.2) is 15.4 Å². The van der Waals surface area contributed by atoms with Crippen molar-refractivity contribution in [1.29, 1.82) is 0 Å². The zero-order valence-corrected chi connectivity index (χ0v) is 18.5. The van der Waals surface area contributed by atoms with Gasteiger partial charge in [0.25, 0.3) is 5.91 Å². The normalized spacial score (nSPS) is 12.0. The van der Waals surface area contributed by atoms with E-state index >= 15 is 0 Å². The molecule has 32 heavy (non-hydrogen) atoms. The van der Waals surface area contributed by atoms with Crippen molar-refractivity contribution in [2.24, 2.45) is 5.10 Å². The summed E-state index contributed by atoms with van der Waals surface area (Å²) in [5.74, 6) is -0.276. The maximum absolute atomic E-state index is 12.8. The zero-order valence-electron chi connectivity index (χ0n) is 17.0. The molecule has 5 aromatic rings. The lowest BCUT2D eigenvalue weighted by atomic mass is 10.1. The molecule has 6 nitrogen and oxygen atoms in total.